The van der Waals surface area contributed by atoms with Crippen LogP contribution in [0.4, 0.5) is 5.69 Å². The highest BCUT2D eigenvalue weighted by atomic mass is 79.9. The molecule has 20 heavy (non-hydrogen) atoms. The van der Waals surface area contributed by atoms with E-state index in [1.54, 1.807) is 0 Å². The maximum absolute atomic E-state index is 6.07. The van der Waals surface area contributed by atoms with Gasteiger partial charge in [0, 0.05) is 15.0 Å². The Bertz CT molecular complexity index is 564. The number of thiophene rings is 1. The Kier molecular flexibility index (Phi) is 4.69. The fourth-order valence-corrected chi connectivity index (χ4v) is 4.31. The van der Waals surface area contributed by atoms with Crippen LogP contribution in [0.15, 0.2) is 40.2 Å². The number of nitrogens with one attached hydrogen (secondary N) is 1. The first-order valence-corrected chi connectivity index (χ1v) is 9.04. The molecule has 1 nitrogen and oxygen atoms in total. The fourth-order valence-electron chi connectivity index (χ4n) is 2.95. The Morgan fingerprint density at radius 1 is 1.25 bits per heavy atom. The number of benzene rings is 1. The molecule has 1 saturated carbocycles. The van der Waals surface area contributed by atoms with Gasteiger partial charge in [-0.1, -0.05) is 30.5 Å². The molecule has 3 rings (SSSR count). The first kappa shape index (κ1) is 14.4. The third kappa shape index (κ3) is 3.21. The summed E-state index contributed by atoms with van der Waals surface area (Å²) in [5, 5.41) is 6.63. The largest absolute Gasteiger partial charge is 0.377 e. The van der Waals surface area contributed by atoms with Gasteiger partial charge in [0.2, 0.25) is 0 Å². The van der Waals surface area contributed by atoms with Crippen molar-refractivity contribution in [2.45, 2.75) is 31.7 Å². The second-order valence-electron chi connectivity index (χ2n) is 5.31. The van der Waals surface area contributed by atoms with Crippen molar-refractivity contribution in [2.75, 3.05) is 5.32 Å². The molecule has 0 radical (unpaired) electrons. The van der Waals surface area contributed by atoms with E-state index in [1.807, 2.05) is 17.4 Å². The molecule has 1 atom stereocenters. The highest BCUT2D eigenvalue weighted by Gasteiger charge is 2.27. The van der Waals surface area contributed by atoms with Crippen LogP contribution >= 0.6 is 38.9 Å². The van der Waals surface area contributed by atoms with Crippen molar-refractivity contribution in [3.8, 4) is 0 Å². The quantitative estimate of drug-likeness (QED) is 0.647. The Morgan fingerprint density at radius 3 is 2.70 bits per heavy atom. The van der Waals surface area contributed by atoms with Crippen molar-refractivity contribution in [1.82, 2.24) is 0 Å². The van der Waals surface area contributed by atoms with Crippen molar-refractivity contribution in [1.29, 1.82) is 0 Å². The van der Waals surface area contributed by atoms with E-state index in [-0.39, 0.29) is 0 Å². The van der Waals surface area contributed by atoms with Crippen LogP contribution in [0, 0.1) is 5.92 Å². The zero-order chi connectivity index (χ0) is 13.9. The molecule has 1 aliphatic carbocycles. The van der Waals surface area contributed by atoms with Gasteiger partial charge in [0.05, 0.1) is 11.1 Å². The van der Waals surface area contributed by atoms with Crippen LogP contribution in [0.5, 0.6) is 0 Å². The topological polar surface area (TPSA) is 12.0 Å². The number of halogens is 2. The zero-order valence-electron chi connectivity index (χ0n) is 11.1. The molecule has 1 aromatic heterocycles. The van der Waals surface area contributed by atoms with Crippen LogP contribution in [0.1, 0.15) is 36.6 Å². The molecule has 0 saturated heterocycles. The molecule has 0 aliphatic heterocycles. The molecular formula is C16H17BrClNS. The summed E-state index contributed by atoms with van der Waals surface area (Å²) in [5.41, 5.74) is 1.13. The van der Waals surface area contributed by atoms with E-state index in [9.17, 15) is 0 Å². The van der Waals surface area contributed by atoms with E-state index >= 15 is 0 Å². The summed E-state index contributed by atoms with van der Waals surface area (Å²) in [6.07, 6.45) is 5.37. The lowest BCUT2D eigenvalue weighted by molar-refractivity contribution is 0.475. The van der Waals surface area contributed by atoms with E-state index in [1.165, 1.54) is 30.6 Å². The lowest BCUT2D eigenvalue weighted by Gasteiger charge is -2.25. The van der Waals surface area contributed by atoms with E-state index in [0.717, 1.165) is 21.1 Å². The second kappa shape index (κ2) is 6.50. The first-order valence-electron chi connectivity index (χ1n) is 6.99. The monoisotopic (exact) mass is 369 g/mol. The lowest BCUT2D eigenvalue weighted by atomic mass is 9.96. The van der Waals surface area contributed by atoms with Crippen molar-refractivity contribution in [2.24, 2.45) is 5.92 Å². The summed E-state index contributed by atoms with van der Waals surface area (Å²) >= 11 is 11.4. The number of hydrogen-bond acceptors (Lipinski definition) is 2. The molecule has 1 fully saturated rings. The third-order valence-electron chi connectivity index (χ3n) is 3.96. The van der Waals surface area contributed by atoms with Gasteiger partial charge in [0.25, 0.3) is 0 Å². The van der Waals surface area contributed by atoms with Gasteiger partial charge in [-0.2, -0.15) is 0 Å². The number of hydrogen-bond donors (Lipinski definition) is 1. The summed E-state index contributed by atoms with van der Waals surface area (Å²) in [6, 6.07) is 10.9. The highest BCUT2D eigenvalue weighted by Crippen LogP contribution is 2.40. The van der Waals surface area contributed by atoms with Crippen LogP contribution in [-0.4, -0.2) is 0 Å². The van der Waals surface area contributed by atoms with Gasteiger partial charge in [0.1, 0.15) is 0 Å². The summed E-state index contributed by atoms with van der Waals surface area (Å²) in [4.78, 5) is 1.43. The van der Waals surface area contributed by atoms with Gasteiger partial charge in [-0.3, -0.25) is 0 Å². The number of anilines is 1. The second-order valence-corrected chi connectivity index (χ2v) is 7.55. The minimum atomic E-state index is 0.422. The van der Waals surface area contributed by atoms with Crippen LogP contribution in [-0.2, 0) is 0 Å². The molecule has 1 aromatic carbocycles. The van der Waals surface area contributed by atoms with Gasteiger partial charge in [0.15, 0.2) is 0 Å². The molecule has 106 valence electrons. The predicted molar refractivity (Wildman–Crippen MR) is 91.8 cm³/mol. The minimum absolute atomic E-state index is 0.422. The van der Waals surface area contributed by atoms with E-state index in [2.05, 4.69) is 50.9 Å². The van der Waals surface area contributed by atoms with Gasteiger partial charge >= 0.3 is 0 Å². The van der Waals surface area contributed by atoms with E-state index in [0.29, 0.717) is 6.04 Å². The van der Waals surface area contributed by atoms with E-state index in [4.69, 9.17) is 11.6 Å². The minimum Gasteiger partial charge on any atom is -0.377 e. The van der Waals surface area contributed by atoms with Crippen molar-refractivity contribution >= 4 is 44.6 Å². The third-order valence-corrected chi connectivity index (χ3v) is 6.13. The average Bonchev–Trinajstić information content (AvgIpc) is 3.12. The predicted octanol–water partition coefficient (Wildman–Crippen LogP) is 6.51. The van der Waals surface area contributed by atoms with Gasteiger partial charge in [-0.25, -0.2) is 0 Å². The molecule has 0 amide bonds. The number of rotatable bonds is 4. The molecule has 1 N–H and O–H groups in total. The summed E-state index contributed by atoms with van der Waals surface area (Å²) in [7, 11) is 0. The van der Waals surface area contributed by atoms with Gasteiger partial charge < -0.3 is 5.32 Å². The maximum Gasteiger partial charge on any atom is 0.0634 e. The Labute approximate surface area is 137 Å². The standard InChI is InChI=1S/C16H17BrClNS/c17-13-10-12(7-8-14(13)18)19-16(11-4-1-2-5-11)15-6-3-9-20-15/h3,6-11,16,19H,1-2,4-5H2. The van der Waals surface area contributed by atoms with Gasteiger partial charge in [-0.15, -0.1) is 11.3 Å². The molecule has 0 bridgehead atoms. The molecule has 1 unspecified atom stereocenters. The average molecular weight is 371 g/mol. The molecule has 1 heterocycles. The van der Waals surface area contributed by atoms with Gasteiger partial charge in [-0.05, 0) is 64.3 Å². The lowest BCUT2D eigenvalue weighted by Crippen LogP contribution is -2.17. The zero-order valence-corrected chi connectivity index (χ0v) is 14.3. The Hall–Kier alpha value is -0.510. The molecule has 2 aromatic rings. The van der Waals surface area contributed by atoms with Crippen molar-refractivity contribution in [3.63, 3.8) is 0 Å². The maximum atomic E-state index is 6.07. The normalized spacial score (nSPS) is 17.3. The first-order chi connectivity index (χ1) is 9.74. The summed E-state index contributed by atoms with van der Waals surface area (Å²) in [5.74, 6) is 0.739. The Morgan fingerprint density at radius 2 is 2.05 bits per heavy atom. The summed E-state index contributed by atoms with van der Waals surface area (Å²) in [6.45, 7) is 0. The van der Waals surface area contributed by atoms with Crippen molar-refractivity contribution < 1.29 is 0 Å². The fraction of sp³-hybridized carbons (Fsp3) is 0.375. The molecule has 0 spiro atoms. The Balaban J connectivity index is 1.84. The van der Waals surface area contributed by atoms with Crippen LogP contribution in [0.2, 0.25) is 5.02 Å². The van der Waals surface area contributed by atoms with E-state index < -0.39 is 0 Å². The van der Waals surface area contributed by atoms with Crippen molar-refractivity contribution in [3.05, 3.63) is 50.1 Å². The highest BCUT2D eigenvalue weighted by molar-refractivity contribution is 9.10. The van der Waals surface area contributed by atoms with Crippen LogP contribution < -0.4 is 5.32 Å². The molecular weight excluding hydrogens is 354 g/mol. The molecule has 1 aliphatic rings. The van der Waals surface area contributed by atoms with Crippen LogP contribution in [0.3, 0.4) is 0 Å². The SMILES string of the molecule is Clc1ccc(NC(c2cccs2)C2CCCC2)cc1Br. The smallest absolute Gasteiger partial charge is 0.0634 e. The molecule has 4 heteroatoms. The van der Waals surface area contributed by atoms with Crippen LogP contribution in [0.25, 0.3) is 0 Å². The summed E-state index contributed by atoms with van der Waals surface area (Å²) < 4.78 is 0.945.